The first-order valence-corrected chi connectivity index (χ1v) is 9.05. The number of nitrogens with zero attached hydrogens (tertiary/aromatic N) is 4. The molecule has 1 aromatic carbocycles. The zero-order valence-corrected chi connectivity index (χ0v) is 14.0. The van der Waals surface area contributed by atoms with E-state index in [-0.39, 0.29) is 10.8 Å². The van der Waals surface area contributed by atoms with E-state index < -0.39 is 21.4 Å². The number of piperidine rings is 1. The van der Waals surface area contributed by atoms with Crippen LogP contribution < -0.4 is 0 Å². The van der Waals surface area contributed by atoms with E-state index in [0.717, 1.165) is 11.6 Å². The van der Waals surface area contributed by atoms with Gasteiger partial charge in [0, 0.05) is 26.3 Å². The van der Waals surface area contributed by atoms with Crippen LogP contribution in [-0.2, 0) is 17.1 Å². The van der Waals surface area contributed by atoms with E-state index in [2.05, 4.69) is 5.10 Å². The van der Waals surface area contributed by atoms with Crippen molar-refractivity contribution in [3.63, 3.8) is 0 Å². The van der Waals surface area contributed by atoms with E-state index in [4.69, 9.17) is 5.26 Å². The number of rotatable bonds is 3. The Kier molecular flexibility index (Phi) is 4.39. The molecular weight excluding hydrogens is 331 g/mol. The van der Waals surface area contributed by atoms with Gasteiger partial charge in [-0.1, -0.05) is 6.07 Å². The van der Waals surface area contributed by atoms with Crippen molar-refractivity contribution in [1.29, 1.82) is 5.26 Å². The standard InChI is InChI=1S/C16H17FN4O2S/c1-20-11-13(10-19-20)12-5-7-21(8-6-12)24(22,23)16-4-2-3-15(17)14(16)9-18/h2-4,10-12H,5-8H2,1H3. The smallest absolute Gasteiger partial charge is 0.244 e. The maximum absolute atomic E-state index is 13.7. The quantitative estimate of drug-likeness (QED) is 0.850. The van der Waals surface area contributed by atoms with Crippen molar-refractivity contribution in [2.24, 2.45) is 7.05 Å². The van der Waals surface area contributed by atoms with E-state index in [9.17, 15) is 12.8 Å². The maximum atomic E-state index is 13.7. The third kappa shape index (κ3) is 2.92. The van der Waals surface area contributed by atoms with Crippen LogP contribution in [0, 0.1) is 17.1 Å². The lowest BCUT2D eigenvalue weighted by Gasteiger charge is -2.31. The van der Waals surface area contributed by atoms with Crippen LogP contribution in [-0.4, -0.2) is 35.6 Å². The molecule has 1 aliphatic rings. The molecule has 0 unspecified atom stereocenters. The van der Waals surface area contributed by atoms with Crippen LogP contribution >= 0.6 is 0 Å². The topological polar surface area (TPSA) is 79.0 Å². The Morgan fingerprint density at radius 2 is 2.04 bits per heavy atom. The molecule has 0 bridgehead atoms. The molecule has 0 radical (unpaired) electrons. The van der Waals surface area contributed by atoms with E-state index in [0.29, 0.717) is 25.9 Å². The van der Waals surface area contributed by atoms with Gasteiger partial charge in [-0.2, -0.15) is 14.7 Å². The highest BCUT2D eigenvalue weighted by Gasteiger charge is 2.32. The average Bonchev–Trinajstić information content (AvgIpc) is 3.01. The molecule has 1 fully saturated rings. The average molecular weight is 348 g/mol. The van der Waals surface area contributed by atoms with Gasteiger partial charge in [-0.15, -0.1) is 0 Å². The number of benzene rings is 1. The molecule has 126 valence electrons. The molecule has 1 saturated heterocycles. The zero-order valence-electron chi connectivity index (χ0n) is 13.2. The Morgan fingerprint density at radius 1 is 1.33 bits per heavy atom. The van der Waals surface area contributed by atoms with Crippen LogP contribution in [0.5, 0.6) is 0 Å². The van der Waals surface area contributed by atoms with Gasteiger partial charge in [-0.25, -0.2) is 12.8 Å². The van der Waals surface area contributed by atoms with Crippen molar-refractivity contribution in [2.75, 3.05) is 13.1 Å². The summed E-state index contributed by atoms with van der Waals surface area (Å²) in [5.41, 5.74) is 0.671. The number of hydrogen-bond donors (Lipinski definition) is 0. The van der Waals surface area contributed by atoms with Gasteiger partial charge >= 0.3 is 0 Å². The summed E-state index contributed by atoms with van der Waals surface area (Å²) >= 11 is 0. The number of aromatic nitrogens is 2. The van der Waals surface area contributed by atoms with Crippen LogP contribution in [0.3, 0.4) is 0 Å². The first kappa shape index (κ1) is 16.6. The summed E-state index contributed by atoms with van der Waals surface area (Å²) in [5.74, 6) is -0.558. The van der Waals surface area contributed by atoms with Gasteiger partial charge in [0.1, 0.15) is 22.3 Å². The highest BCUT2D eigenvalue weighted by molar-refractivity contribution is 7.89. The highest BCUT2D eigenvalue weighted by atomic mass is 32.2. The SMILES string of the molecule is Cn1cc(C2CCN(S(=O)(=O)c3cccc(F)c3C#N)CC2)cn1. The summed E-state index contributed by atoms with van der Waals surface area (Å²) in [5, 5.41) is 13.2. The molecular formula is C16H17FN4O2S. The van der Waals surface area contributed by atoms with Crippen LogP contribution in [0.25, 0.3) is 0 Å². The second-order valence-electron chi connectivity index (χ2n) is 5.85. The predicted octanol–water partition coefficient (Wildman–Crippen LogP) is 2.00. The molecule has 24 heavy (non-hydrogen) atoms. The lowest BCUT2D eigenvalue weighted by molar-refractivity contribution is 0.319. The summed E-state index contributed by atoms with van der Waals surface area (Å²) in [7, 11) is -2.03. The molecule has 0 saturated carbocycles. The number of sulfonamides is 1. The monoisotopic (exact) mass is 348 g/mol. The first-order valence-electron chi connectivity index (χ1n) is 7.61. The van der Waals surface area contributed by atoms with Gasteiger partial charge in [0.2, 0.25) is 10.0 Å². The Bertz CT molecular complexity index is 893. The maximum Gasteiger partial charge on any atom is 0.244 e. The van der Waals surface area contributed by atoms with Gasteiger partial charge in [0.05, 0.1) is 6.20 Å². The van der Waals surface area contributed by atoms with E-state index in [1.807, 2.05) is 13.2 Å². The van der Waals surface area contributed by atoms with Gasteiger partial charge in [0.25, 0.3) is 0 Å². The van der Waals surface area contributed by atoms with E-state index >= 15 is 0 Å². The fourth-order valence-corrected chi connectivity index (χ4v) is 4.67. The molecule has 1 aliphatic heterocycles. The van der Waals surface area contributed by atoms with Crippen molar-refractivity contribution in [3.05, 3.63) is 47.5 Å². The van der Waals surface area contributed by atoms with Gasteiger partial charge in [-0.05, 0) is 36.5 Å². The molecule has 0 spiro atoms. The number of hydrogen-bond acceptors (Lipinski definition) is 4. The summed E-state index contributed by atoms with van der Waals surface area (Å²) in [4.78, 5) is -0.259. The number of halogens is 1. The zero-order chi connectivity index (χ0) is 17.3. The molecule has 0 N–H and O–H groups in total. The largest absolute Gasteiger partial charge is 0.276 e. The van der Waals surface area contributed by atoms with Gasteiger partial charge < -0.3 is 0 Å². The number of nitriles is 1. The Morgan fingerprint density at radius 3 is 2.62 bits per heavy atom. The van der Waals surface area contributed by atoms with Gasteiger partial charge in [-0.3, -0.25) is 4.68 Å². The second kappa shape index (κ2) is 6.34. The van der Waals surface area contributed by atoms with Crippen LogP contribution in [0.2, 0.25) is 0 Å². The predicted molar refractivity (Wildman–Crippen MR) is 85.1 cm³/mol. The van der Waals surface area contributed by atoms with Crippen LogP contribution in [0.1, 0.15) is 29.9 Å². The minimum atomic E-state index is -3.88. The molecule has 1 aromatic heterocycles. The normalized spacial score (nSPS) is 16.9. The van der Waals surface area contributed by atoms with Crippen molar-refractivity contribution in [3.8, 4) is 6.07 Å². The minimum Gasteiger partial charge on any atom is -0.276 e. The fourth-order valence-electron chi connectivity index (χ4n) is 3.05. The lowest BCUT2D eigenvalue weighted by Crippen LogP contribution is -2.38. The summed E-state index contributed by atoms with van der Waals surface area (Å²) in [6, 6.07) is 5.34. The second-order valence-corrected chi connectivity index (χ2v) is 7.76. The first-order chi connectivity index (χ1) is 11.4. The van der Waals surface area contributed by atoms with Crippen LogP contribution in [0.15, 0.2) is 35.5 Å². The molecule has 0 atom stereocenters. The molecule has 0 amide bonds. The number of aryl methyl sites for hydroxylation is 1. The summed E-state index contributed by atoms with van der Waals surface area (Å²) in [6.07, 6.45) is 5.08. The molecule has 2 heterocycles. The Balaban J connectivity index is 1.81. The van der Waals surface area contributed by atoms with E-state index in [1.165, 1.54) is 16.4 Å². The van der Waals surface area contributed by atoms with Crippen molar-refractivity contribution in [2.45, 2.75) is 23.7 Å². The molecule has 8 heteroatoms. The molecule has 0 aliphatic carbocycles. The Hall–Kier alpha value is -2.24. The summed E-state index contributed by atoms with van der Waals surface area (Å²) < 4.78 is 42.3. The Labute approximate surface area is 140 Å². The third-order valence-electron chi connectivity index (χ3n) is 4.36. The molecule has 3 rings (SSSR count). The van der Waals surface area contributed by atoms with Crippen molar-refractivity contribution < 1.29 is 12.8 Å². The lowest BCUT2D eigenvalue weighted by atomic mass is 9.93. The summed E-state index contributed by atoms with van der Waals surface area (Å²) in [6.45, 7) is 0.673. The van der Waals surface area contributed by atoms with Gasteiger partial charge in [0.15, 0.2) is 0 Å². The highest BCUT2D eigenvalue weighted by Crippen LogP contribution is 2.31. The molecule has 2 aromatic rings. The van der Waals surface area contributed by atoms with E-state index in [1.54, 1.807) is 16.9 Å². The molecule has 6 nitrogen and oxygen atoms in total. The third-order valence-corrected chi connectivity index (χ3v) is 6.30. The van der Waals surface area contributed by atoms with Crippen LogP contribution in [0.4, 0.5) is 4.39 Å². The van der Waals surface area contributed by atoms with Crippen molar-refractivity contribution >= 4 is 10.0 Å². The fraction of sp³-hybridized carbons (Fsp3) is 0.375. The van der Waals surface area contributed by atoms with Crippen molar-refractivity contribution in [1.82, 2.24) is 14.1 Å². The minimum absolute atomic E-state index is 0.257.